The van der Waals surface area contributed by atoms with Gasteiger partial charge in [0.15, 0.2) is 5.75 Å². The van der Waals surface area contributed by atoms with Gasteiger partial charge in [-0.25, -0.2) is 0 Å². The number of hydrogen-bond acceptors (Lipinski definition) is 3. The van der Waals surface area contributed by atoms with E-state index in [0.717, 1.165) is 27.6 Å². The summed E-state index contributed by atoms with van der Waals surface area (Å²) in [5.74, 6) is -0.0911. The lowest BCUT2D eigenvalue weighted by atomic mass is 10.1. The second-order valence-corrected chi connectivity index (χ2v) is 7.20. The van der Waals surface area contributed by atoms with Gasteiger partial charge in [0.25, 0.3) is 0 Å². The number of carbonyl (C=O) groups excluding carboxylic acids is 2. The Kier molecular flexibility index (Phi) is 5.67. The second-order valence-electron chi connectivity index (χ2n) is 7.20. The van der Waals surface area contributed by atoms with Crippen LogP contribution >= 0.6 is 0 Å². The first-order valence-corrected chi connectivity index (χ1v) is 9.95. The Hall–Kier alpha value is -4.12. The lowest BCUT2D eigenvalue weighted by molar-refractivity contribution is -0.131. The summed E-state index contributed by atoms with van der Waals surface area (Å²) in [7, 11) is 0. The summed E-state index contributed by atoms with van der Waals surface area (Å²) >= 11 is 0. The number of amides is 1. The van der Waals surface area contributed by atoms with Gasteiger partial charge in [0.1, 0.15) is 0 Å². The van der Waals surface area contributed by atoms with Crippen molar-refractivity contribution in [3.8, 4) is 17.0 Å². The fourth-order valence-corrected chi connectivity index (χ4v) is 3.48. The SMILES string of the molecule is CC(=O)Nc1cc2[nH]c(-c3ccccc3)c(OC(C)=O)c2cc1C=Cc1ccccc1. The highest BCUT2D eigenvalue weighted by Gasteiger charge is 2.18. The molecule has 0 spiro atoms. The van der Waals surface area contributed by atoms with E-state index < -0.39 is 5.97 Å². The summed E-state index contributed by atoms with van der Waals surface area (Å²) < 4.78 is 5.61. The molecule has 0 fully saturated rings. The van der Waals surface area contributed by atoms with Crippen LogP contribution in [0.15, 0.2) is 72.8 Å². The topological polar surface area (TPSA) is 71.2 Å². The summed E-state index contributed by atoms with van der Waals surface area (Å²) in [6, 6.07) is 23.4. The summed E-state index contributed by atoms with van der Waals surface area (Å²) in [6.45, 7) is 2.86. The van der Waals surface area contributed by atoms with Crippen molar-refractivity contribution >= 4 is 40.6 Å². The van der Waals surface area contributed by atoms with Gasteiger partial charge in [-0.15, -0.1) is 0 Å². The van der Waals surface area contributed by atoms with E-state index in [2.05, 4.69) is 10.3 Å². The summed E-state index contributed by atoms with van der Waals surface area (Å²) in [5.41, 5.74) is 4.88. The molecule has 3 aromatic carbocycles. The molecule has 2 N–H and O–H groups in total. The molecule has 31 heavy (non-hydrogen) atoms. The number of hydrogen-bond donors (Lipinski definition) is 2. The molecule has 0 aliphatic carbocycles. The Morgan fingerprint density at radius 3 is 2.23 bits per heavy atom. The smallest absolute Gasteiger partial charge is 0.308 e. The third-order valence-electron chi connectivity index (χ3n) is 4.79. The van der Waals surface area contributed by atoms with Crippen LogP contribution in [0.25, 0.3) is 34.3 Å². The molecule has 1 aromatic heterocycles. The maximum atomic E-state index is 11.8. The van der Waals surface area contributed by atoms with Gasteiger partial charge in [0, 0.05) is 24.8 Å². The van der Waals surface area contributed by atoms with E-state index in [-0.39, 0.29) is 5.91 Å². The summed E-state index contributed by atoms with van der Waals surface area (Å²) in [6.07, 6.45) is 3.91. The highest BCUT2D eigenvalue weighted by atomic mass is 16.5. The van der Waals surface area contributed by atoms with E-state index >= 15 is 0 Å². The Morgan fingerprint density at radius 1 is 0.903 bits per heavy atom. The van der Waals surface area contributed by atoms with E-state index in [1.807, 2.05) is 84.9 Å². The van der Waals surface area contributed by atoms with Crippen LogP contribution in [0.5, 0.6) is 5.75 Å². The van der Waals surface area contributed by atoms with Crippen LogP contribution < -0.4 is 10.1 Å². The van der Waals surface area contributed by atoms with Crippen molar-refractivity contribution in [1.29, 1.82) is 0 Å². The average molecular weight is 410 g/mol. The molecule has 0 radical (unpaired) electrons. The maximum absolute atomic E-state index is 11.8. The van der Waals surface area contributed by atoms with Crippen LogP contribution in [0.3, 0.4) is 0 Å². The maximum Gasteiger partial charge on any atom is 0.308 e. The molecule has 0 bridgehead atoms. The number of aromatic amines is 1. The largest absolute Gasteiger partial charge is 0.424 e. The molecule has 1 amide bonds. The molecule has 0 saturated carbocycles. The number of anilines is 1. The normalized spacial score (nSPS) is 11.0. The number of ether oxygens (including phenoxy) is 1. The van der Waals surface area contributed by atoms with Gasteiger partial charge in [0.05, 0.1) is 16.9 Å². The number of H-pyrrole nitrogens is 1. The van der Waals surface area contributed by atoms with Gasteiger partial charge in [-0.3, -0.25) is 9.59 Å². The van der Waals surface area contributed by atoms with Gasteiger partial charge < -0.3 is 15.0 Å². The predicted molar refractivity (Wildman–Crippen MR) is 125 cm³/mol. The monoisotopic (exact) mass is 410 g/mol. The zero-order valence-electron chi connectivity index (χ0n) is 17.3. The molecular formula is C26H22N2O3. The van der Waals surface area contributed by atoms with Crippen LogP contribution in [-0.2, 0) is 9.59 Å². The van der Waals surface area contributed by atoms with E-state index in [0.29, 0.717) is 17.1 Å². The minimum atomic E-state index is -0.398. The molecule has 154 valence electrons. The van der Waals surface area contributed by atoms with Crippen molar-refractivity contribution in [2.24, 2.45) is 0 Å². The first-order chi connectivity index (χ1) is 15.0. The third kappa shape index (κ3) is 4.56. The average Bonchev–Trinajstić information content (AvgIpc) is 3.09. The van der Waals surface area contributed by atoms with Crippen LogP contribution in [0.4, 0.5) is 5.69 Å². The quantitative estimate of drug-likeness (QED) is 0.318. The van der Waals surface area contributed by atoms with Crippen molar-refractivity contribution in [1.82, 2.24) is 4.98 Å². The zero-order valence-corrected chi connectivity index (χ0v) is 17.3. The van der Waals surface area contributed by atoms with Crippen molar-refractivity contribution in [3.63, 3.8) is 0 Å². The van der Waals surface area contributed by atoms with Gasteiger partial charge in [-0.2, -0.15) is 0 Å². The fraction of sp³-hybridized carbons (Fsp3) is 0.0769. The Bertz CT molecular complexity index is 1270. The van der Waals surface area contributed by atoms with E-state index in [1.165, 1.54) is 13.8 Å². The Balaban J connectivity index is 1.90. The molecule has 5 nitrogen and oxygen atoms in total. The molecule has 0 unspecified atom stereocenters. The van der Waals surface area contributed by atoms with Gasteiger partial charge >= 0.3 is 5.97 Å². The Labute approximate surface area is 180 Å². The lowest BCUT2D eigenvalue weighted by Gasteiger charge is -2.08. The number of carbonyl (C=O) groups is 2. The number of rotatable bonds is 5. The lowest BCUT2D eigenvalue weighted by Crippen LogP contribution is -2.07. The summed E-state index contributed by atoms with van der Waals surface area (Å²) in [4.78, 5) is 27.0. The number of nitrogens with one attached hydrogen (secondary N) is 2. The molecule has 4 aromatic rings. The van der Waals surface area contributed by atoms with Crippen molar-refractivity contribution in [2.45, 2.75) is 13.8 Å². The number of aromatic nitrogens is 1. The molecule has 1 heterocycles. The molecule has 0 atom stereocenters. The van der Waals surface area contributed by atoms with Crippen molar-refractivity contribution in [2.75, 3.05) is 5.32 Å². The molecule has 5 heteroatoms. The molecule has 0 aliphatic rings. The van der Waals surface area contributed by atoms with Crippen LogP contribution in [-0.4, -0.2) is 16.9 Å². The number of benzene rings is 3. The fourth-order valence-electron chi connectivity index (χ4n) is 3.48. The van der Waals surface area contributed by atoms with E-state index in [4.69, 9.17) is 4.74 Å². The van der Waals surface area contributed by atoms with Crippen LogP contribution in [0, 0.1) is 0 Å². The highest BCUT2D eigenvalue weighted by molar-refractivity contribution is 6.02. The molecule has 0 saturated heterocycles. The third-order valence-corrected chi connectivity index (χ3v) is 4.79. The van der Waals surface area contributed by atoms with Gasteiger partial charge in [-0.1, -0.05) is 72.8 Å². The standard InChI is InChI=1S/C26H22N2O3/c1-17(29)27-23-16-24-22(15-21(23)14-13-19-9-5-3-6-10-19)26(31-18(2)30)25(28-24)20-11-7-4-8-12-20/h3-16,28H,1-2H3,(H,27,29). The van der Waals surface area contributed by atoms with Gasteiger partial charge in [-0.05, 0) is 23.3 Å². The minimum Gasteiger partial charge on any atom is -0.424 e. The minimum absolute atomic E-state index is 0.163. The number of fused-ring (bicyclic) bond motifs is 1. The van der Waals surface area contributed by atoms with Gasteiger partial charge in [0.2, 0.25) is 5.91 Å². The van der Waals surface area contributed by atoms with Crippen LogP contribution in [0.2, 0.25) is 0 Å². The predicted octanol–water partition coefficient (Wildman–Crippen LogP) is 5.89. The zero-order chi connectivity index (χ0) is 21.8. The highest BCUT2D eigenvalue weighted by Crippen LogP contribution is 2.39. The van der Waals surface area contributed by atoms with E-state index in [9.17, 15) is 9.59 Å². The molecule has 4 rings (SSSR count). The first kappa shape index (κ1) is 20.2. The van der Waals surface area contributed by atoms with Crippen molar-refractivity contribution in [3.05, 3.63) is 83.9 Å². The Morgan fingerprint density at radius 2 is 1.58 bits per heavy atom. The molecule has 0 aliphatic heterocycles. The summed E-state index contributed by atoms with van der Waals surface area (Å²) in [5, 5.41) is 3.65. The van der Waals surface area contributed by atoms with E-state index in [1.54, 1.807) is 0 Å². The second kappa shape index (κ2) is 8.71. The van der Waals surface area contributed by atoms with Crippen LogP contribution in [0.1, 0.15) is 25.0 Å². The first-order valence-electron chi connectivity index (χ1n) is 9.95. The van der Waals surface area contributed by atoms with Crippen molar-refractivity contribution < 1.29 is 14.3 Å². The number of esters is 1. The molecular weight excluding hydrogens is 388 g/mol.